The minimum Gasteiger partial charge on any atom is -0.491 e. The lowest BCUT2D eigenvalue weighted by atomic mass is 9.81. The van der Waals surface area contributed by atoms with E-state index in [2.05, 4.69) is 90.0 Å². The molecule has 0 radical (unpaired) electrons. The first-order valence-electron chi connectivity index (χ1n) is 19.5. The summed E-state index contributed by atoms with van der Waals surface area (Å²) in [5.41, 5.74) is 7.38. The first-order chi connectivity index (χ1) is 27.1. The number of benzene rings is 2. The van der Waals surface area contributed by atoms with Crippen molar-refractivity contribution in [3.8, 4) is 11.5 Å². The molecule has 0 amide bonds. The summed E-state index contributed by atoms with van der Waals surface area (Å²) >= 11 is 0. The van der Waals surface area contributed by atoms with E-state index >= 15 is 0 Å². The van der Waals surface area contributed by atoms with E-state index in [4.69, 9.17) is 37.9 Å². The van der Waals surface area contributed by atoms with Gasteiger partial charge in [-0.25, -0.2) is 4.68 Å². The third kappa shape index (κ3) is 10.8. The number of methoxy groups -OCH3 is 3. The predicted molar refractivity (Wildman–Crippen MR) is 217 cm³/mol. The number of nitrogens with zero attached hydrogens (tertiary/aromatic N) is 5. The van der Waals surface area contributed by atoms with Crippen LogP contribution in [0.5, 0.6) is 11.5 Å². The van der Waals surface area contributed by atoms with Crippen LogP contribution in [-0.2, 0) is 45.8 Å². The molecule has 56 heavy (non-hydrogen) atoms. The molecule has 3 aromatic rings. The minimum absolute atomic E-state index is 0.286. The van der Waals surface area contributed by atoms with Crippen LogP contribution in [-0.4, -0.2) is 132 Å². The highest BCUT2D eigenvalue weighted by molar-refractivity contribution is 6.03. The fourth-order valence-corrected chi connectivity index (χ4v) is 7.23. The molecule has 5 rings (SSSR count). The third-order valence-corrected chi connectivity index (χ3v) is 10.2. The van der Waals surface area contributed by atoms with Crippen molar-refractivity contribution in [2.24, 2.45) is 0 Å². The number of anilines is 1. The average Bonchev–Trinajstić information content (AvgIpc) is 3.76. The van der Waals surface area contributed by atoms with Crippen molar-refractivity contribution in [1.82, 2.24) is 15.0 Å². The van der Waals surface area contributed by atoms with E-state index < -0.39 is 0 Å². The Hall–Kier alpha value is -4.11. The van der Waals surface area contributed by atoms with Gasteiger partial charge in [-0.2, -0.15) is 4.58 Å². The molecular formula is C43H62N5O8+. The molecule has 3 heterocycles. The second kappa shape index (κ2) is 20.9. The Morgan fingerprint density at radius 1 is 0.679 bits per heavy atom. The second-order valence-corrected chi connectivity index (χ2v) is 14.8. The summed E-state index contributed by atoms with van der Waals surface area (Å²) in [5, 5.41) is 8.09. The smallest absolute Gasteiger partial charge is 0.210 e. The quantitative estimate of drug-likeness (QED) is 0.0787. The topological polar surface area (TPSA) is 111 Å². The van der Waals surface area contributed by atoms with Gasteiger partial charge < -0.3 is 42.8 Å². The fourth-order valence-electron chi connectivity index (χ4n) is 7.23. The Morgan fingerprint density at radius 2 is 1.29 bits per heavy atom. The van der Waals surface area contributed by atoms with Crippen LogP contribution in [0.1, 0.15) is 44.5 Å². The summed E-state index contributed by atoms with van der Waals surface area (Å²) in [5.74, 6) is 1.65. The Balaban J connectivity index is 1.36. The van der Waals surface area contributed by atoms with E-state index in [0.717, 1.165) is 28.6 Å². The molecule has 0 unspecified atom stereocenters. The minimum atomic E-state index is -0.305. The molecule has 0 atom stereocenters. The number of aromatic nitrogens is 3. The lowest BCUT2D eigenvalue weighted by Crippen LogP contribution is -2.30. The first-order valence-corrected chi connectivity index (χ1v) is 19.5. The number of rotatable bonds is 25. The van der Waals surface area contributed by atoms with Gasteiger partial charge in [0.25, 0.3) is 0 Å². The molecule has 0 spiro atoms. The summed E-state index contributed by atoms with van der Waals surface area (Å²) in [6.07, 6.45) is 8.59. The van der Waals surface area contributed by atoms with Crippen LogP contribution in [0, 0.1) is 6.92 Å². The molecule has 0 saturated carbocycles. The van der Waals surface area contributed by atoms with E-state index in [-0.39, 0.29) is 10.8 Å². The van der Waals surface area contributed by atoms with Gasteiger partial charge in [-0.1, -0.05) is 25.1 Å². The predicted octanol–water partition coefficient (Wildman–Crippen LogP) is 5.65. The van der Waals surface area contributed by atoms with Gasteiger partial charge in [-0.05, 0) is 62.7 Å². The van der Waals surface area contributed by atoms with Crippen LogP contribution < -0.4 is 14.4 Å². The fraction of sp³-hybridized carbons (Fsp3) is 0.558. The van der Waals surface area contributed by atoms with Gasteiger partial charge in [-0.3, -0.25) is 0 Å². The van der Waals surface area contributed by atoms with E-state index in [1.165, 1.54) is 22.5 Å². The Labute approximate surface area is 332 Å². The van der Waals surface area contributed by atoms with Crippen LogP contribution in [0.15, 0.2) is 66.5 Å². The molecule has 2 aromatic carbocycles. The largest absolute Gasteiger partial charge is 0.491 e. The maximum Gasteiger partial charge on any atom is 0.210 e. The highest BCUT2D eigenvalue weighted by Crippen LogP contribution is 2.49. The zero-order valence-electron chi connectivity index (χ0n) is 34.7. The molecule has 13 heteroatoms. The molecule has 1 aromatic heterocycles. The van der Waals surface area contributed by atoms with E-state index in [9.17, 15) is 0 Å². The summed E-state index contributed by atoms with van der Waals surface area (Å²) in [7, 11) is 5.06. The van der Waals surface area contributed by atoms with Gasteiger partial charge in [0.15, 0.2) is 12.3 Å². The lowest BCUT2D eigenvalue weighted by Gasteiger charge is -2.27. The standard InChI is InChI=1S/C43H62N5O8/c1-33-32-46(45-44-33)16-19-52-27-29-56-35-13-15-39-37(31-35)43(4,5)41(48(39)18-21-54-26-23-50-7)11-9-10-40-42(2,3)36-30-34(55-28-24-51-8)12-14-38(36)47(40)17-20-53-25-22-49-6/h9-15,30-32H,16-29H2,1-8H3/q+1. The van der Waals surface area contributed by atoms with Gasteiger partial charge in [0.1, 0.15) is 31.3 Å². The van der Waals surface area contributed by atoms with Crippen molar-refractivity contribution in [3.05, 3.63) is 83.3 Å². The van der Waals surface area contributed by atoms with Crippen LogP contribution in [0.3, 0.4) is 0 Å². The maximum atomic E-state index is 6.19. The third-order valence-electron chi connectivity index (χ3n) is 10.2. The Bertz CT molecular complexity index is 1800. The molecule has 2 aliphatic rings. The number of aryl methyl sites for hydroxylation is 1. The Morgan fingerprint density at radius 3 is 1.96 bits per heavy atom. The number of fused-ring (bicyclic) bond motifs is 2. The molecule has 306 valence electrons. The number of hydrogen-bond acceptors (Lipinski definition) is 11. The second-order valence-electron chi connectivity index (χ2n) is 14.8. The monoisotopic (exact) mass is 776 g/mol. The zero-order chi connectivity index (χ0) is 40.0. The van der Waals surface area contributed by atoms with Crippen molar-refractivity contribution >= 4 is 17.1 Å². The van der Waals surface area contributed by atoms with Crippen LogP contribution in [0.2, 0.25) is 0 Å². The van der Waals surface area contributed by atoms with E-state index in [1.54, 1.807) is 26.0 Å². The first kappa shape index (κ1) is 43.0. The van der Waals surface area contributed by atoms with Crippen LogP contribution in [0.25, 0.3) is 0 Å². The molecule has 0 bridgehead atoms. The average molecular weight is 777 g/mol. The molecule has 0 fully saturated rings. The van der Waals surface area contributed by atoms with Crippen LogP contribution >= 0.6 is 0 Å². The summed E-state index contributed by atoms with van der Waals surface area (Å²) in [4.78, 5) is 2.37. The van der Waals surface area contributed by atoms with Gasteiger partial charge in [0, 0.05) is 68.6 Å². The number of ether oxygens (including phenoxy) is 8. The normalized spacial score (nSPS) is 16.4. The van der Waals surface area contributed by atoms with Crippen molar-refractivity contribution < 1.29 is 42.5 Å². The Kier molecular flexibility index (Phi) is 16.0. The molecule has 0 saturated heterocycles. The van der Waals surface area contributed by atoms with Gasteiger partial charge in [0.05, 0.1) is 70.5 Å². The van der Waals surface area contributed by atoms with Crippen molar-refractivity contribution in [2.75, 3.05) is 112 Å². The molecular weight excluding hydrogens is 714 g/mol. The van der Waals surface area contributed by atoms with Crippen molar-refractivity contribution in [1.29, 1.82) is 0 Å². The van der Waals surface area contributed by atoms with Gasteiger partial charge in [0.2, 0.25) is 5.69 Å². The van der Waals surface area contributed by atoms with Crippen LogP contribution in [0.4, 0.5) is 11.4 Å². The molecule has 13 nitrogen and oxygen atoms in total. The summed E-state index contributed by atoms with van der Waals surface area (Å²) < 4.78 is 49.7. The molecule has 0 N–H and O–H groups in total. The SMILES string of the molecule is COCCOCCN1/C(=C/C=C/C2=[N+](CCOCCOC)c3ccc(OCCOC)cc3C2(C)C)C(C)(C)c2cc(OCCOCCn3cc(C)nn3)ccc21. The van der Waals surface area contributed by atoms with Crippen molar-refractivity contribution in [3.63, 3.8) is 0 Å². The van der Waals surface area contributed by atoms with E-state index in [0.29, 0.717) is 92.3 Å². The highest BCUT2D eigenvalue weighted by atomic mass is 16.5. The van der Waals surface area contributed by atoms with Crippen molar-refractivity contribution in [2.45, 2.75) is 52.0 Å². The highest BCUT2D eigenvalue weighted by Gasteiger charge is 2.45. The number of allylic oxidation sites excluding steroid dienone is 4. The van der Waals surface area contributed by atoms with Gasteiger partial charge in [-0.15, -0.1) is 5.10 Å². The molecule has 0 aliphatic carbocycles. The zero-order valence-corrected chi connectivity index (χ0v) is 34.7. The van der Waals surface area contributed by atoms with Gasteiger partial charge >= 0.3 is 0 Å². The maximum absolute atomic E-state index is 6.19. The number of hydrogen-bond donors (Lipinski definition) is 0. The summed E-state index contributed by atoms with van der Waals surface area (Å²) in [6, 6.07) is 12.7. The molecule has 2 aliphatic heterocycles. The lowest BCUT2D eigenvalue weighted by molar-refractivity contribution is -0.442. The van der Waals surface area contributed by atoms with E-state index in [1.807, 2.05) is 25.3 Å². The summed E-state index contributed by atoms with van der Waals surface area (Å²) in [6.45, 7) is 18.9.